The van der Waals surface area contributed by atoms with Gasteiger partial charge >= 0.3 is 5.97 Å². The predicted molar refractivity (Wildman–Crippen MR) is 108 cm³/mol. The van der Waals surface area contributed by atoms with E-state index in [4.69, 9.17) is 9.47 Å². The first-order valence-corrected chi connectivity index (χ1v) is 8.89. The van der Waals surface area contributed by atoms with Crippen LogP contribution >= 0.6 is 0 Å². The highest BCUT2D eigenvalue weighted by atomic mass is 16.5. The number of methoxy groups -OCH3 is 1. The van der Waals surface area contributed by atoms with Crippen LogP contribution in [0.5, 0.6) is 5.75 Å². The minimum Gasteiger partial charge on any atom is -0.497 e. The highest BCUT2D eigenvalue weighted by Crippen LogP contribution is 2.22. The largest absolute Gasteiger partial charge is 0.497 e. The second-order valence-corrected chi connectivity index (χ2v) is 6.18. The third-order valence-corrected chi connectivity index (χ3v) is 4.23. The Balaban J connectivity index is 1.72. The highest BCUT2D eigenvalue weighted by Gasteiger charge is 2.22. The van der Waals surface area contributed by atoms with Gasteiger partial charge in [-0.1, -0.05) is 30.3 Å². The second kappa shape index (κ2) is 8.86. The quantitative estimate of drug-likeness (QED) is 0.472. The van der Waals surface area contributed by atoms with E-state index < -0.39 is 12.1 Å². The minimum atomic E-state index is -0.911. The maximum atomic E-state index is 12.7. The Morgan fingerprint density at radius 1 is 0.857 bits per heavy atom. The molecule has 1 N–H and O–H groups in total. The number of carbonyl (C=O) groups is 2. The molecule has 3 aromatic carbocycles. The van der Waals surface area contributed by atoms with Crippen LogP contribution in [0.3, 0.4) is 0 Å². The molecule has 5 heteroatoms. The van der Waals surface area contributed by atoms with Crippen LogP contribution < -0.4 is 10.1 Å². The molecular formula is C23H21NO4. The van der Waals surface area contributed by atoms with E-state index in [1.165, 1.54) is 0 Å². The topological polar surface area (TPSA) is 64.6 Å². The first-order valence-electron chi connectivity index (χ1n) is 8.89. The van der Waals surface area contributed by atoms with E-state index in [1.54, 1.807) is 56.5 Å². The van der Waals surface area contributed by atoms with Crippen molar-refractivity contribution in [1.82, 2.24) is 0 Å². The third-order valence-electron chi connectivity index (χ3n) is 4.23. The smallest absolute Gasteiger partial charge is 0.340 e. The molecule has 0 heterocycles. The lowest BCUT2D eigenvalue weighted by atomic mass is 10.1. The Morgan fingerprint density at radius 2 is 1.50 bits per heavy atom. The zero-order chi connectivity index (χ0) is 19.9. The Hall–Kier alpha value is -3.60. The van der Waals surface area contributed by atoms with Crippen molar-refractivity contribution in [3.8, 4) is 5.75 Å². The number of esters is 1. The van der Waals surface area contributed by atoms with Crippen LogP contribution in [0.4, 0.5) is 11.4 Å². The number of rotatable bonds is 7. The van der Waals surface area contributed by atoms with Crippen LogP contribution in [0.15, 0.2) is 78.9 Å². The maximum Gasteiger partial charge on any atom is 0.340 e. The molecule has 142 valence electrons. The fourth-order valence-corrected chi connectivity index (χ4v) is 2.71. The van der Waals surface area contributed by atoms with Gasteiger partial charge in [0.15, 0.2) is 6.10 Å². The molecule has 0 aliphatic rings. The summed E-state index contributed by atoms with van der Waals surface area (Å²) in [5, 5.41) is 3.20. The minimum absolute atomic E-state index is 0.274. The SMILES string of the molecule is COc1ccc(C(=O)[C@H](C)OC(=O)c2ccccc2Nc2ccccc2)cc1. The fraction of sp³-hybridized carbons (Fsp3) is 0.130. The highest BCUT2D eigenvalue weighted by molar-refractivity contribution is 6.02. The second-order valence-electron chi connectivity index (χ2n) is 6.18. The lowest BCUT2D eigenvalue weighted by Crippen LogP contribution is -2.24. The van der Waals surface area contributed by atoms with Gasteiger partial charge in [0.2, 0.25) is 5.78 Å². The molecular weight excluding hydrogens is 354 g/mol. The van der Waals surface area contributed by atoms with Crippen molar-refractivity contribution in [2.75, 3.05) is 12.4 Å². The summed E-state index contributed by atoms with van der Waals surface area (Å²) >= 11 is 0. The lowest BCUT2D eigenvalue weighted by molar-refractivity contribution is 0.0320. The molecule has 5 nitrogen and oxygen atoms in total. The number of ether oxygens (including phenoxy) is 2. The molecule has 0 saturated heterocycles. The van der Waals surface area contributed by atoms with Gasteiger partial charge in [-0.15, -0.1) is 0 Å². The van der Waals surface area contributed by atoms with Gasteiger partial charge in [0.1, 0.15) is 5.75 Å². The van der Waals surface area contributed by atoms with Crippen molar-refractivity contribution in [3.63, 3.8) is 0 Å². The number of carbonyl (C=O) groups excluding carboxylic acids is 2. The van der Waals surface area contributed by atoms with E-state index in [0.717, 1.165) is 5.69 Å². The average molecular weight is 375 g/mol. The first kappa shape index (κ1) is 19.2. The lowest BCUT2D eigenvalue weighted by Gasteiger charge is -2.15. The number of hydrogen-bond acceptors (Lipinski definition) is 5. The molecule has 0 unspecified atom stereocenters. The third kappa shape index (κ3) is 4.57. The van der Waals surface area contributed by atoms with E-state index in [2.05, 4.69) is 5.32 Å². The summed E-state index contributed by atoms with van der Waals surface area (Å²) in [6.07, 6.45) is -0.911. The molecule has 0 radical (unpaired) electrons. The van der Waals surface area contributed by atoms with E-state index in [0.29, 0.717) is 22.6 Å². The van der Waals surface area contributed by atoms with Gasteiger partial charge in [-0.25, -0.2) is 4.79 Å². The normalized spacial score (nSPS) is 11.4. The molecule has 1 atom stereocenters. The molecule has 0 aromatic heterocycles. The van der Waals surface area contributed by atoms with E-state index in [1.807, 2.05) is 36.4 Å². The van der Waals surface area contributed by atoms with Crippen LogP contribution in [0.2, 0.25) is 0 Å². The van der Waals surface area contributed by atoms with Crippen molar-refractivity contribution in [3.05, 3.63) is 90.0 Å². The van der Waals surface area contributed by atoms with E-state index in [-0.39, 0.29) is 5.78 Å². The van der Waals surface area contributed by atoms with Gasteiger partial charge in [-0.2, -0.15) is 0 Å². The van der Waals surface area contributed by atoms with Gasteiger partial charge in [0, 0.05) is 11.3 Å². The molecule has 3 rings (SSSR count). The molecule has 0 amide bonds. The summed E-state index contributed by atoms with van der Waals surface area (Å²) in [5.41, 5.74) is 2.28. The molecule has 0 spiro atoms. The summed E-state index contributed by atoms with van der Waals surface area (Å²) < 4.78 is 10.5. The van der Waals surface area contributed by atoms with Crippen molar-refractivity contribution in [2.24, 2.45) is 0 Å². The molecule has 28 heavy (non-hydrogen) atoms. The van der Waals surface area contributed by atoms with Gasteiger partial charge in [-0.05, 0) is 55.5 Å². The summed E-state index contributed by atoms with van der Waals surface area (Å²) in [4.78, 5) is 25.2. The summed E-state index contributed by atoms with van der Waals surface area (Å²) in [5.74, 6) is -0.181. The number of hydrogen-bond donors (Lipinski definition) is 1. The summed E-state index contributed by atoms with van der Waals surface area (Å²) in [6.45, 7) is 1.57. The van der Waals surface area contributed by atoms with E-state index in [9.17, 15) is 9.59 Å². The number of benzene rings is 3. The van der Waals surface area contributed by atoms with Gasteiger partial charge in [-0.3, -0.25) is 4.79 Å². The van der Waals surface area contributed by atoms with Crippen molar-refractivity contribution in [2.45, 2.75) is 13.0 Å². The Labute approximate surface area is 163 Å². The fourth-order valence-electron chi connectivity index (χ4n) is 2.71. The van der Waals surface area contributed by atoms with Crippen LogP contribution in [-0.2, 0) is 4.74 Å². The zero-order valence-corrected chi connectivity index (χ0v) is 15.7. The van der Waals surface area contributed by atoms with Crippen LogP contribution in [-0.4, -0.2) is 25.0 Å². The Morgan fingerprint density at radius 3 is 2.18 bits per heavy atom. The molecule has 0 aliphatic heterocycles. The standard InChI is InChI=1S/C23H21NO4/c1-16(22(25)17-12-14-19(27-2)15-13-17)28-23(26)20-10-6-7-11-21(20)24-18-8-4-3-5-9-18/h3-16,24H,1-2H3/t16-/m0/s1. The molecule has 0 saturated carbocycles. The Kier molecular flexibility index (Phi) is 6.07. The number of ketones is 1. The molecule has 3 aromatic rings. The number of Topliss-reactive ketones (excluding diaryl/α,β-unsaturated/α-hetero) is 1. The number of anilines is 2. The first-order chi connectivity index (χ1) is 13.6. The van der Waals surface area contributed by atoms with Gasteiger partial charge in [0.25, 0.3) is 0 Å². The van der Waals surface area contributed by atoms with Crippen LogP contribution in [0.25, 0.3) is 0 Å². The van der Waals surface area contributed by atoms with Gasteiger partial charge in [0.05, 0.1) is 18.4 Å². The van der Waals surface area contributed by atoms with Crippen LogP contribution in [0, 0.1) is 0 Å². The van der Waals surface area contributed by atoms with Gasteiger partial charge < -0.3 is 14.8 Å². The van der Waals surface area contributed by atoms with Crippen molar-refractivity contribution in [1.29, 1.82) is 0 Å². The number of para-hydroxylation sites is 2. The van der Waals surface area contributed by atoms with Crippen molar-refractivity contribution >= 4 is 23.1 Å². The molecule has 0 fully saturated rings. The Bertz CT molecular complexity index is 952. The summed E-state index contributed by atoms with van der Waals surface area (Å²) in [6, 6.07) is 23.2. The average Bonchev–Trinajstić information content (AvgIpc) is 2.74. The maximum absolute atomic E-state index is 12.7. The predicted octanol–water partition coefficient (Wildman–Crippen LogP) is 4.87. The monoisotopic (exact) mass is 375 g/mol. The molecule has 0 bridgehead atoms. The van der Waals surface area contributed by atoms with Crippen LogP contribution in [0.1, 0.15) is 27.6 Å². The molecule has 0 aliphatic carbocycles. The number of nitrogens with one attached hydrogen (secondary N) is 1. The summed E-state index contributed by atoms with van der Waals surface area (Å²) in [7, 11) is 1.56. The van der Waals surface area contributed by atoms with Crippen molar-refractivity contribution < 1.29 is 19.1 Å². The van der Waals surface area contributed by atoms with E-state index >= 15 is 0 Å². The zero-order valence-electron chi connectivity index (χ0n) is 15.7.